The lowest BCUT2D eigenvalue weighted by Gasteiger charge is -2.31. The standard InChI is InChI=1S/C26H28FN3O2/c1-2-7-25(31)30(19-21-11-13-23(27)14-12-21)24(16-20-8-4-3-5-9-20)26(32)29-18-22-10-6-15-28-17-22/h3-6,8-15,17,24H,2,7,16,18-19H2,1H3,(H,29,32). The second kappa shape index (κ2) is 11.7. The average molecular weight is 434 g/mol. The molecule has 166 valence electrons. The minimum atomic E-state index is -0.696. The molecule has 1 atom stereocenters. The first-order valence-electron chi connectivity index (χ1n) is 10.8. The Morgan fingerprint density at radius 2 is 1.69 bits per heavy atom. The van der Waals surface area contributed by atoms with E-state index in [9.17, 15) is 14.0 Å². The number of halogens is 1. The Morgan fingerprint density at radius 3 is 2.34 bits per heavy atom. The number of nitrogens with zero attached hydrogens (tertiary/aromatic N) is 2. The fourth-order valence-corrected chi connectivity index (χ4v) is 3.51. The van der Waals surface area contributed by atoms with Crippen LogP contribution in [0.5, 0.6) is 0 Å². The van der Waals surface area contributed by atoms with E-state index in [4.69, 9.17) is 0 Å². The van der Waals surface area contributed by atoms with Gasteiger partial charge in [0.2, 0.25) is 11.8 Å². The number of benzene rings is 2. The summed E-state index contributed by atoms with van der Waals surface area (Å²) in [6.45, 7) is 2.49. The largest absolute Gasteiger partial charge is 0.350 e. The minimum Gasteiger partial charge on any atom is -0.350 e. The molecule has 2 aromatic carbocycles. The fourth-order valence-electron chi connectivity index (χ4n) is 3.51. The van der Waals surface area contributed by atoms with Crippen molar-refractivity contribution in [1.29, 1.82) is 0 Å². The summed E-state index contributed by atoms with van der Waals surface area (Å²) in [6, 6.07) is 18.7. The van der Waals surface area contributed by atoms with E-state index >= 15 is 0 Å². The van der Waals surface area contributed by atoms with Crippen molar-refractivity contribution in [2.75, 3.05) is 0 Å². The molecule has 1 unspecified atom stereocenters. The SMILES string of the molecule is CCCC(=O)N(Cc1ccc(F)cc1)C(Cc1ccccc1)C(=O)NCc1cccnc1. The molecule has 0 aliphatic rings. The number of aromatic nitrogens is 1. The fraction of sp³-hybridized carbons (Fsp3) is 0.269. The van der Waals surface area contributed by atoms with Gasteiger partial charge in [-0.1, -0.05) is 55.5 Å². The van der Waals surface area contributed by atoms with E-state index < -0.39 is 6.04 Å². The predicted octanol–water partition coefficient (Wildman–Crippen LogP) is 4.28. The number of hydrogen-bond donors (Lipinski definition) is 1. The van der Waals surface area contributed by atoms with Gasteiger partial charge in [-0.3, -0.25) is 14.6 Å². The Bertz CT molecular complexity index is 995. The zero-order valence-electron chi connectivity index (χ0n) is 18.2. The van der Waals surface area contributed by atoms with Crippen LogP contribution in [0, 0.1) is 5.82 Å². The van der Waals surface area contributed by atoms with Gasteiger partial charge in [-0.2, -0.15) is 0 Å². The molecule has 0 bridgehead atoms. The smallest absolute Gasteiger partial charge is 0.243 e. The van der Waals surface area contributed by atoms with Crippen LogP contribution in [0.1, 0.15) is 36.5 Å². The summed E-state index contributed by atoms with van der Waals surface area (Å²) in [4.78, 5) is 32.1. The lowest BCUT2D eigenvalue weighted by atomic mass is 10.0. The third kappa shape index (κ3) is 6.74. The molecule has 0 radical (unpaired) electrons. The second-order valence-corrected chi connectivity index (χ2v) is 7.68. The van der Waals surface area contributed by atoms with Gasteiger partial charge in [-0.25, -0.2) is 4.39 Å². The van der Waals surface area contributed by atoms with Gasteiger partial charge in [0.15, 0.2) is 0 Å². The van der Waals surface area contributed by atoms with Gasteiger partial charge in [-0.05, 0) is 41.3 Å². The van der Waals surface area contributed by atoms with Crippen molar-refractivity contribution in [1.82, 2.24) is 15.2 Å². The van der Waals surface area contributed by atoms with Crippen molar-refractivity contribution in [2.24, 2.45) is 0 Å². The van der Waals surface area contributed by atoms with Gasteiger partial charge in [0.25, 0.3) is 0 Å². The summed E-state index contributed by atoms with van der Waals surface area (Å²) < 4.78 is 13.4. The van der Waals surface area contributed by atoms with Crippen LogP contribution >= 0.6 is 0 Å². The van der Waals surface area contributed by atoms with Crippen LogP contribution in [-0.2, 0) is 29.1 Å². The van der Waals surface area contributed by atoms with E-state index in [-0.39, 0.29) is 24.2 Å². The van der Waals surface area contributed by atoms with E-state index in [0.29, 0.717) is 25.8 Å². The van der Waals surface area contributed by atoms with Gasteiger partial charge in [0.05, 0.1) is 0 Å². The van der Waals surface area contributed by atoms with E-state index in [1.165, 1.54) is 12.1 Å². The molecule has 0 fully saturated rings. The number of carbonyl (C=O) groups excluding carboxylic acids is 2. The van der Waals surface area contributed by atoms with Gasteiger partial charge >= 0.3 is 0 Å². The minimum absolute atomic E-state index is 0.103. The number of amides is 2. The van der Waals surface area contributed by atoms with Gasteiger partial charge in [0, 0.05) is 38.3 Å². The van der Waals surface area contributed by atoms with Crippen molar-refractivity contribution in [3.8, 4) is 0 Å². The highest BCUT2D eigenvalue weighted by Gasteiger charge is 2.29. The number of pyridine rings is 1. The Balaban J connectivity index is 1.87. The van der Waals surface area contributed by atoms with E-state index in [0.717, 1.165) is 16.7 Å². The van der Waals surface area contributed by atoms with Crippen molar-refractivity contribution < 1.29 is 14.0 Å². The van der Waals surface area contributed by atoms with Crippen LogP contribution in [0.2, 0.25) is 0 Å². The molecule has 1 N–H and O–H groups in total. The molecule has 0 spiro atoms. The van der Waals surface area contributed by atoms with Crippen LogP contribution in [0.3, 0.4) is 0 Å². The molecule has 5 nitrogen and oxygen atoms in total. The van der Waals surface area contributed by atoms with Crippen molar-refractivity contribution in [3.63, 3.8) is 0 Å². The predicted molar refractivity (Wildman–Crippen MR) is 122 cm³/mol. The molecule has 1 aromatic heterocycles. The molecule has 0 aliphatic heterocycles. The third-order valence-electron chi connectivity index (χ3n) is 5.19. The average Bonchev–Trinajstić information content (AvgIpc) is 2.82. The number of nitrogens with one attached hydrogen (secondary N) is 1. The molecular weight excluding hydrogens is 405 g/mol. The number of rotatable bonds is 10. The Hall–Kier alpha value is -3.54. The molecule has 0 saturated carbocycles. The maximum Gasteiger partial charge on any atom is 0.243 e. The first-order valence-corrected chi connectivity index (χ1v) is 10.8. The van der Waals surface area contributed by atoms with E-state index in [2.05, 4.69) is 10.3 Å². The summed E-state index contributed by atoms with van der Waals surface area (Å²) in [5.41, 5.74) is 2.61. The van der Waals surface area contributed by atoms with E-state index in [1.807, 2.05) is 49.4 Å². The normalized spacial score (nSPS) is 11.6. The molecule has 3 aromatic rings. The van der Waals surface area contributed by atoms with Crippen LogP contribution in [-0.4, -0.2) is 27.7 Å². The summed E-state index contributed by atoms with van der Waals surface area (Å²) in [5.74, 6) is -0.672. The molecule has 0 saturated heterocycles. The topological polar surface area (TPSA) is 62.3 Å². The van der Waals surface area contributed by atoms with E-state index in [1.54, 1.807) is 29.4 Å². The lowest BCUT2D eigenvalue weighted by Crippen LogP contribution is -2.50. The van der Waals surface area contributed by atoms with Crippen molar-refractivity contribution in [2.45, 2.75) is 45.3 Å². The zero-order chi connectivity index (χ0) is 22.8. The Labute approximate surface area is 188 Å². The van der Waals surface area contributed by atoms with Gasteiger partial charge in [0.1, 0.15) is 11.9 Å². The Morgan fingerprint density at radius 1 is 0.969 bits per heavy atom. The van der Waals surface area contributed by atoms with Crippen LogP contribution in [0.25, 0.3) is 0 Å². The summed E-state index contributed by atoms with van der Waals surface area (Å²) in [7, 11) is 0. The summed E-state index contributed by atoms with van der Waals surface area (Å²) in [5, 5.41) is 2.96. The van der Waals surface area contributed by atoms with Gasteiger partial charge in [-0.15, -0.1) is 0 Å². The highest BCUT2D eigenvalue weighted by atomic mass is 19.1. The maximum absolute atomic E-state index is 13.4. The quantitative estimate of drug-likeness (QED) is 0.519. The van der Waals surface area contributed by atoms with Gasteiger partial charge < -0.3 is 10.2 Å². The monoisotopic (exact) mass is 433 g/mol. The number of hydrogen-bond acceptors (Lipinski definition) is 3. The number of carbonyl (C=O) groups is 2. The first kappa shape index (κ1) is 23.1. The molecule has 1 heterocycles. The molecule has 32 heavy (non-hydrogen) atoms. The van der Waals surface area contributed by atoms with Crippen molar-refractivity contribution in [3.05, 3.63) is 102 Å². The van der Waals surface area contributed by atoms with Crippen molar-refractivity contribution >= 4 is 11.8 Å². The molecule has 3 rings (SSSR count). The maximum atomic E-state index is 13.4. The summed E-state index contributed by atoms with van der Waals surface area (Å²) >= 11 is 0. The van der Waals surface area contributed by atoms with Crippen LogP contribution in [0.4, 0.5) is 4.39 Å². The Kier molecular flexibility index (Phi) is 8.49. The highest BCUT2D eigenvalue weighted by Crippen LogP contribution is 2.17. The van der Waals surface area contributed by atoms with Crippen LogP contribution in [0.15, 0.2) is 79.1 Å². The third-order valence-corrected chi connectivity index (χ3v) is 5.19. The molecule has 2 amide bonds. The first-order chi connectivity index (χ1) is 15.6. The molecule has 0 aliphatic carbocycles. The molecular formula is C26H28FN3O2. The lowest BCUT2D eigenvalue weighted by molar-refractivity contribution is -0.141. The van der Waals surface area contributed by atoms with Crippen LogP contribution < -0.4 is 5.32 Å². The summed E-state index contributed by atoms with van der Waals surface area (Å²) in [6.07, 6.45) is 4.77. The molecule has 6 heteroatoms. The second-order valence-electron chi connectivity index (χ2n) is 7.68. The highest BCUT2D eigenvalue weighted by molar-refractivity contribution is 5.88. The zero-order valence-corrected chi connectivity index (χ0v) is 18.2.